The Morgan fingerprint density at radius 1 is 1.42 bits per heavy atom. The lowest BCUT2D eigenvalue weighted by Gasteiger charge is -2.19. The van der Waals surface area contributed by atoms with Gasteiger partial charge in [0.25, 0.3) is 0 Å². The normalized spacial score (nSPS) is 12.4. The minimum atomic E-state index is 0.0115. The van der Waals surface area contributed by atoms with Gasteiger partial charge >= 0.3 is 0 Å². The Labute approximate surface area is 126 Å². The molecule has 0 spiro atoms. The van der Waals surface area contributed by atoms with Crippen molar-refractivity contribution in [3.8, 4) is 0 Å². The van der Waals surface area contributed by atoms with Crippen LogP contribution in [0.1, 0.15) is 22.7 Å². The minimum Gasteiger partial charge on any atom is -0.271 e. The summed E-state index contributed by atoms with van der Waals surface area (Å²) in [5.41, 5.74) is 6.24. The molecule has 100 valence electrons. The number of hydrogen-bond donors (Lipinski definition) is 2. The summed E-state index contributed by atoms with van der Waals surface area (Å²) in [7, 11) is 0. The van der Waals surface area contributed by atoms with E-state index >= 15 is 0 Å². The van der Waals surface area contributed by atoms with Crippen LogP contribution in [0, 0.1) is 6.92 Å². The van der Waals surface area contributed by atoms with Gasteiger partial charge in [0.2, 0.25) is 0 Å². The van der Waals surface area contributed by atoms with Gasteiger partial charge in [-0.25, -0.2) is 0 Å². The molecule has 1 unspecified atom stereocenters. The van der Waals surface area contributed by atoms with Crippen molar-refractivity contribution in [2.45, 2.75) is 19.4 Å². The molecule has 3 N–H and O–H groups in total. The first-order chi connectivity index (χ1) is 9.11. The third kappa shape index (κ3) is 3.54. The summed E-state index contributed by atoms with van der Waals surface area (Å²) in [5, 5.41) is 0.662. The number of aryl methyl sites for hydroxylation is 1. The number of halogens is 2. The fourth-order valence-corrected chi connectivity index (χ4v) is 2.61. The maximum atomic E-state index is 6.14. The van der Waals surface area contributed by atoms with Gasteiger partial charge in [-0.3, -0.25) is 16.3 Å². The molecule has 0 aliphatic heterocycles. The molecular weight excluding hydrogens is 326 g/mol. The van der Waals surface area contributed by atoms with Gasteiger partial charge < -0.3 is 0 Å². The highest BCUT2D eigenvalue weighted by atomic mass is 79.9. The average Bonchev–Trinajstić information content (AvgIpc) is 2.41. The Kier molecular flexibility index (Phi) is 4.93. The molecule has 0 fully saturated rings. The first kappa shape index (κ1) is 14.5. The van der Waals surface area contributed by atoms with E-state index in [2.05, 4.69) is 45.4 Å². The van der Waals surface area contributed by atoms with Crippen molar-refractivity contribution in [2.75, 3.05) is 0 Å². The highest BCUT2D eigenvalue weighted by Crippen LogP contribution is 2.26. The largest absolute Gasteiger partial charge is 0.271 e. The van der Waals surface area contributed by atoms with Crippen molar-refractivity contribution < 1.29 is 0 Å². The fourth-order valence-electron chi connectivity index (χ4n) is 2.03. The van der Waals surface area contributed by atoms with Crippen LogP contribution in [0.5, 0.6) is 0 Å². The van der Waals surface area contributed by atoms with E-state index in [-0.39, 0.29) is 6.04 Å². The maximum Gasteiger partial charge on any atom is 0.0622 e. The van der Waals surface area contributed by atoms with Gasteiger partial charge in [0.15, 0.2) is 0 Å². The van der Waals surface area contributed by atoms with Crippen LogP contribution in [0.3, 0.4) is 0 Å². The first-order valence-corrected chi connectivity index (χ1v) is 7.09. The molecular formula is C14H15BrClN3. The molecule has 5 heteroatoms. The first-order valence-electron chi connectivity index (χ1n) is 5.92. The molecule has 0 bridgehead atoms. The Morgan fingerprint density at radius 2 is 2.21 bits per heavy atom. The van der Waals surface area contributed by atoms with Gasteiger partial charge in [0.1, 0.15) is 0 Å². The van der Waals surface area contributed by atoms with Crippen molar-refractivity contribution in [3.05, 3.63) is 62.8 Å². The van der Waals surface area contributed by atoms with E-state index in [0.29, 0.717) is 5.02 Å². The Hall–Kier alpha value is -0.940. The van der Waals surface area contributed by atoms with Crippen LogP contribution in [-0.4, -0.2) is 4.98 Å². The summed E-state index contributed by atoms with van der Waals surface area (Å²) in [5.74, 6) is 5.70. The van der Waals surface area contributed by atoms with Crippen LogP contribution in [0.25, 0.3) is 0 Å². The lowest BCUT2D eigenvalue weighted by molar-refractivity contribution is 0.549. The topological polar surface area (TPSA) is 50.9 Å². The molecule has 1 aromatic carbocycles. The van der Waals surface area contributed by atoms with Gasteiger partial charge in [-0.1, -0.05) is 33.6 Å². The summed E-state index contributed by atoms with van der Waals surface area (Å²) >= 11 is 9.63. The van der Waals surface area contributed by atoms with Crippen molar-refractivity contribution in [3.63, 3.8) is 0 Å². The van der Waals surface area contributed by atoms with Gasteiger partial charge in [-0.05, 0) is 48.2 Å². The second kappa shape index (κ2) is 6.48. The molecule has 0 aliphatic rings. The van der Waals surface area contributed by atoms with Crippen molar-refractivity contribution >= 4 is 27.5 Å². The van der Waals surface area contributed by atoms with E-state index in [9.17, 15) is 0 Å². The van der Waals surface area contributed by atoms with Gasteiger partial charge in [0, 0.05) is 16.9 Å². The molecule has 0 radical (unpaired) electrons. The van der Waals surface area contributed by atoms with Gasteiger partial charge in [-0.15, -0.1) is 0 Å². The Bertz CT molecular complexity index is 574. The minimum absolute atomic E-state index is 0.0115. The molecule has 0 aliphatic carbocycles. The summed E-state index contributed by atoms with van der Waals surface area (Å²) in [6, 6.07) is 8.09. The predicted octanol–water partition coefficient (Wildman–Crippen LogP) is 3.55. The predicted molar refractivity (Wildman–Crippen MR) is 81.9 cm³/mol. The Balaban J connectivity index is 2.30. The number of aromatic nitrogens is 1. The number of rotatable bonds is 4. The molecule has 0 saturated heterocycles. The summed E-state index contributed by atoms with van der Waals surface area (Å²) in [6.45, 7) is 2.07. The van der Waals surface area contributed by atoms with Crippen LogP contribution in [0.2, 0.25) is 5.02 Å². The highest BCUT2D eigenvalue weighted by Gasteiger charge is 2.15. The zero-order chi connectivity index (χ0) is 13.8. The number of hydrogen-bond acceptors (Lipinski definition) is 3. The summed E-state index contributed by atoms with van der Waals surface area (Å²) < 4.78 is 1.04. The number of nitrogens with one attached hydrogen (secondary N) is 1. The number of nitrogens with two attached hydrogens (primary N) is 1. The van der Waals surface area contributed by atoms with E-state index in [1.807, 2.05) is 12.1 Å². The van der Waals surface area contributed by atoms with E-state index < -0.39 is 0 Å². The highest BCUT2D eigenvalue weighted by molar-refractivity contribution is 9.10. The second-order valence-electron chi connectivity index (χ2n) is 4.39. The second-order valence-corrected chi connectivity index (χ2v) is 5.71. The summed E-state index contributed by atoms with van der Waals surface area (Å²) in [6.07, 6.45) is 4.11. The van der Waals surface area contributed by atoms with Gasteiger partial charge in [0.05, 0.1) is 11.1 Å². The van der Waals surface area contributed by atoms with Crippen LogP contribution in [-0.2, 0) is 6.42 Å². The lowest BCUT2D eigenvalue weighted by Crippen LogP contribution is -2.30. The number of pyridine rings is 1. The molecule has 3 nitrogen and oxygen atoms in total. The smallest absolute Gasteiger partial charge is 0.0622 e. The van der Waals surface area contributed by atoms with E-state index in [4.69, 9.17) is 17.4 Å². The SMILES string of the molecule is Cc1ccc(Br)cc1C(Cc1ccncc1Cl)NN. The number of benzene rings is 1. The molecule has 0 saturated carbocycles. The molecule has 19 heavy (non-hydrogen) atoms. The lowest BCUT2D eigenvalue weighted by atomic mass is 9.96. The van der Waals surface area contributed by atoms with E-state index in [0.717, 1.165) is 22.0 Å². The summed E-state index contributed by atoms with van der Waals surface area (Å²) in [4.78, 5) is 3.99. The third-order valence-electron chi connectivity index (χ3n) is 3.10. The fraction of sp³-hybridized carbons (Fsp3) is 0.214. The van der Waals surface area contributed by atoms with Crippen LogP contribution < -0.4 is 11.3 Å². The number of hydrazine groups is 1. The molecule has 1 aromatic heterocycles. The van der Waals surface area contributed by atoms with Crippen LogP contribution in [0.4, 0.5) is 0 Å². The monoisotopic (exact) mass is 339 g/mol. The molecule has 2 aromatic rings. The van der Waals surface area contributed by atoms with Crippen LogP contribution in [0.15, 0.2) is 41.1 Å². The van der Waals surface area contributed by atoms with Crippen LogP contribution >= 0.6 is 27.5 Å². The molecule has 1 heterocycles. The standard InChI is InChI=1S/C14H15BrClN3/c1-9-2-3-11(15)7-12(9)14(19-17)6-10-4-5-18-8-13(10)16/h2-5,7-8,14,19H,6,17H2,1H3. The van der Waals surface area contributed by atoms with Crippen molar-refractivity contribution in [1.29, 1.82) is 0 Å². The number of nitrogens with zero attached hydrogens (tertiary/aromatic N) is 1. The zero-order valence-corrected chi connectivity index (χ0v) is 12.9. The average molecular weight is 341 g/mol. The Morgan fingerprint density at radius 3 is 2.89 bits per heavy atom. The molecule has 0 amide bonds. The molecule has 1 atom stereocenters. The third-order valence-corrected chi connectivity index (χ3v) is 3.93. The quantitative estimate of drug-likeness (QED) is 0.661. The van der Waals surface area contributed by atoms with Crippen molar-refractivity contribution in [1.82, 2.24) is 10.4 Å². The maximum absolute atomic E-state index is 6.14. The van der Waals surface area contributed by atoms with Gasteiger partial charge in [-0.2, -0.15) is 0 Å². The van der Waals surface area contributed by atoms with E-state index in [1.165, 1.54) is 5.56 Å². The zero-order valence-electron chi connectivity index (χ0n) is 10.5. The van der Waals surface area contributed by atoms with Crippen molar-refractivity contribution in [2.24, 2.45) is 5.84 Å². The molecule has 2 rings (SSSR count). The van der Waals surface area contributed by atoms with E-state index in [1.54, 1.807) is 12.4 Å².